The van der Waals surface area contributed by atoms with Crippen LogP contribution in [0.1, 0.15) is 0 Å². The minimum atomic E-state index is 0.813. The number of rotatable bonds is 0. The molecule has 0 bridgehead atoms. The maximum atomic E-state index is 5.55. The zero-order chi connectivity index (χ0) is 6.85. The van der Waals surface area contributed by atoms with Gasteiger partial charge in [0.25, 0.3) is 0 Å². The molecule has 0 saturated carbocycles. The van der Waals surface area contributed by atoms with Crippen molar-refractivity contribution < 1.29 is 0 Å². The molecule has 0 aliphatic rings. The topological polar surface area (TPSA) is 26.0 Å². The quantitative estimate of drug-likeness (QED) is 0.412. The van der Waals surface area contributed by atoms with Gasteiger partial charge in [-0.1, -0.05) is 0 Å². The van der Waals surface area contributed by atoms with Crippen LogP contribution in [0.2, 0.25) is 0 Å². The molecule has 0 aliphatic carbocycles. The fourth-order valence-electron chi connectivity index (χ4n) is 0.516. The number of hydrogen-bond acceptors (Lipinski definition) is 2. The van der Waals surface area contributed by atoms with Crippen LogP contribution in [0.5, 0.6) is 0 Å². The number of hydrogen-bond donors (Lipinski definition) is 2. The van der Waals surface area contributed by atoms with Gasteiger partial charge < -0.3 is 5.73 Å². The molecule has 48 valence electrons. The van der Waals surface area contributed by atoms with Gasteiger partial charge in [0, 0.05) is 14.2 Å². The zero-order valence-electron chi connectivity index (χ0n) is 4.63. The maximum absolute atomic E-state index is 5.55. The van der Waals surface area contributed by atoms with Crippen molar-refractivity contribution in [1.82, 2.24) is 0 Å². The number of anilines is 1. The van der Waals surface area contributed by atoms with Crippen molar-refractivity contribution in [2.24, 2.45) is 0 Å². The highest BCUT2D eigenvalue weighted by atomic mass is 127. The maximum Gasteiger partial charge on any atom is 0.0450 e. The van der Waals surface area contributed by atoms with E-state index in [2.05, 4.69) is 35.2 Å². The van der Waals surface area contributed by atoms with Crippen molar-refractivity contribution >= 4 is 40.9 Å². The molecule has 0 fully saturated rings. The molecule has 0 heterocycles. The van der Waals surface area contributed by atoms with Crippen molar-refractivity contribution in [3.8, 4) is 0 Å². The SMILES string of the molecule is Nc1ccc(S)cc1I. The van der Waals surface area contributed by atoms with Crippen molar-refractivity contribution in [1.29, 1.82) is 0 Å². The molecule has 2 N–H and O–H groups in total. The minimum absolute atomic E-state index is 0.813. The number of benzene rings is 1. The fraction of sp³-hybridized carbons (Fsp3) is 0. The lowest BCUT2D eigenvalue weighted by molar-refractivity contribution is 1.45. The standard InChI is InChI=1S/C6H6INS/c7-5-3-4(9)1-2-6(5)8/h1-3,9H,8H2. The number of halogens is 1. The van der Waals surface area contributed by atoms with Crippen LogP contribution in [-0.4, -0.2) is 0 Å². The highest BCUT2D eigenvalue weighted by molar-refractivity contribution is 14.1. The zero-order valence-corrected chi connectivity index (χ0v) is 7.69. The van der Waals surface area contributed by atoms with Gasteiger partial charge in [0.2, 0.25) is 0 Å². The molecular weight excluding hydrogens is 245 g/mol. The van der Waals surface area contributed by atoms with Gasteiger partial charge in [0.1, 0.15) is 0 Å². The van der Waals surface area contributed by atoms with Crippen LogP contribution in [0.25, 0.3) is 0 Å². The van der Waals surface area contributed by atoms with Crippen LogP contribution in [0.4, 0.5) is 5.69 Å². The van der Waals surface area contributed by atoms with E-state index in [0.717, 1.165) is 14.2 Å². The smallest absolute Gasteiger partial charge is 0.0450 e. The Morgan fingerprint density at radius 3 is 2.56 bits per heavy atom. The first-order valence-electron chi connectivity index (χ1n) is 2.44. The van der Waals surface area contributed by atoms with E-state index in [1.807, 2.05) is 18.2 Å². The molecule has 1 aromatic carbocycles. The molecule has 1 nitrogen and oxygen atoms in total. The summed E-state index contributed by atoms with van der Waals surface area (Å²) in [5, 5.41) is 0. The van der Waals surface area contributed by atoms with Crippen molar-refractivity contribution in [3.63, 3.8) is 0 Å². The molecule has 0 unspecified atom stereocenters. The number of nitrogens with two attached hydrogens (primary N) is 1. The molecule has 9 heavy (non-hydrogen) atoms. The Bertz CT molecular complexity index is 224. The Labute approximate surface area is 73.2 Å². The summed E-state index contributed by atoms with van der Waals surface area (Å²) in [6.45, 7) is 0. The summed E-state index contributed by atoms with van der Waals surface area (Å²) in [7, 11) is 0. The van der Waals surface area contributed by atoms with Crippen molar-refractivity contribution in [2.75, 3.05) is 5.73 Å². The van der Waals surface area contributed by atoms with E-state index in [-0.39, 0.29) is 0 Å². The van der Waals surface area contributed by atoms with Gasteiger partial charge in [-0.15, -0.1) is 12.6 Å². The third-order valence-electron chi connectivity index (χ3n) is 0.984. The predicted octanol–water partition coefficient (Wildman–Crippen LogP) is 2.16. The fourth-order valence-corrected chi connectivity index (χ4v) is 1.48. The number of nitrogen functional groups attached to an aromatic ring is 1. The number of thiol groups is 1. The van der Waals surface area contributed by atoms with Gasteiger partial charge in [-0.05, 0) is 40.8 Å². The van der Waals surface area contributed by atoms with Crippen LogP contribution < -0.4 is 5.73 Å². The van der Waals surface area contributed by atoms with Gasteiger partial charge in [0.15, 0.2) is 0 Å². The monoisotopic (exact) mass is 251 g/mol. The molecule has 1 aromatic rings. The summed E-state index contributed by atoms with van der Waals surface area (Å²) in [4.78, 5) is 0.952. The highest BCUT2D eigenvalue weighted by Gasteiger charge is 1.92. The summed E-state index contributed by atoms with van der Waals surface area (Å²) in [5.74, 6) is 0. The van der Waals surface area contributed by atoms with Gasteiger partial charge in [-0.25, -0.2) is 0 Å². The molecule has 3 heteroatoms. The van der Waals surface area contributed by atoms with Crippen molar-refractivity contribution in [2.45, 2.75) is 4.90 Å². The first-order valence-corrected chi connectivity index (χ1v) is 3.97. The molecule has 0 spiro atoms. The van der Waals surface area contributed by atoms with E-state index in [1.54, 1.807) is 0 Å². The lowest BCUT2D eigenvalue weighted by atomic mass is 10.3. The molecular formula is C6H6INS. The van der Waals surface area contributed by atoms with Gasteiger partial charge in [0.05, 0.1) is 0 Å². The summed E-state index contributed by atoms with van der Waals surface area (Å²) in [6.07, 6.45) is 0. The van der Waals surface area contributed by atoms with Gasteiger partial charge in [-0.2, -0.15) is 0 Å². The second-order valence-corrected chi connectivity index (χ2v) is 3.38. The largest absolute Gasteiger partial charge is 0.398 e. The first-order chi connectivity index (χ1) is 4.20. The molecule has 0 aliphatic heterocycles. The van der Waals surface area contributed by atoms with E-state index < -0.39 is 0 Å². The molecule has 1 rings (SSSR count). The third-order valence-corrected chi connectivity index (χ3v) is 2.20. The Balaban J connectivity index is 3.17. The van der Waals surface area contributed by atoms with Crippen LogP contribution >= 0.6 is 35.2 Å². The summed E-state index contributed by atoms with van der Waals surface area (Å²) < 4.78 is 1.06. The van der Waals surface area contributed by atoms with Crippen LogP contribution in [-0.2, 0) is 0 Å². The Hall–Kier alpha value is 0.1000. The van der Waals surface area contributed by atoms with Gasteiger partial charge in [-0.3, -0.25) is 0 Å². The minimum Gasteiger partial charge on any atom is -0.398 e. The Morgan fingerprint density at radius 1 is 1.44 bits per heavy atom. The lowest BCUT2D eigenvalue weighted by Gasteiger charge is -1.96. The molecule has 0 saturated heterocycles. The predicted molar refractivity (Wildman–Crippen MR) is 50.8 cm³/mol. The van der Waals surface area contributed by atoms with E-state index in [1.165, 1.54) is 0 Å². The van der Waals surface area contributed by atoms with Crippen LogP contribution in [0, 0.1) is 3.57 Å². The molecule has 0 amide bonds. The van der Waals surface area contributed by atoms with Crippen LogP contribution in [0.3, 0.4) is 0 Å². The lowest BCUT2D eigenvalue weighted by Crippen LogP contribution is -1.87. The van der Waals surface area contributed by atoms with E-state index in [0.29, 0.717) is 0 Å². The van der Waals surface area contributed by atoms with Gasteiger partial charge >= 0.3 is 0 Å². The molecule has 0 radical (unpaired) electrons. The average molecular weight is 251 g/mol. The first kappa shape index (κ1) is 7.21. The van der Waals surface area contributed by atoms with E-state index in [4.69, 9.17) is 5.73 Å². The molecule has 0 atom stereocenters. The summed E-state index contributed by atoms with van der Waals surface area (Å²) in [5.41, 5.74) is 6.36. The summed E-state index contributed by atoms with van der Waals surface area (Å²) in [6, 6.07) is 5.66. The average Bonchev–Trinajstić information content (AvgIpc) is 1.80. The second kappa shape index (κ2) is 2.79. The highest BCUT2D eigenvalue weighted by Crippen LogP contribution is 2.17. The normalized spacial score (nSPS) is 9.56. The Morgan fingerprint density at radius 2 is 2.11 bits per heavy atom. The van der Waals surface area contributed by atoms with Crippen molar-refractivity contribution in [3.05, 3.63) is 21.8 Å². The van der Waals surface area contributed by atoms with E-state index in [9.17, 15) is 0 Å². The van der Waals surface area contributed by atoms with E-state index >= 15 is 0 Å². The Kier molecular flexibility index (Phi) is 2.23. The molecule has 0 aromatic heterocycles. The third kappa shape index (κ3) is 1.76. The van der Waals surface area contributed by atoms with Crippen LogP contribution in [0.15, 0.2) is 23.1 Å². The second-order valence-electron chi connectivity index (χ2n) is 1.71. The summed E-state index contributed by atoms with van der Waals surface area (Å²) >= 11 is 6.32.